The van der Waals surface area contributed by atoms with E-state index in [4.69, 9.17) is 4.98 Å². The summed E-state index contributed by atoms with van der Waals surface area (Å²) in [6.07, 6.45) is 0. The second-order valence-corrected chi connectivity index (χ2v) is 9.14. The van der Waals surface area contributed by atoms with E-state index in [9.17, 15) is 4.79 Å². The van der Waals surface area contributed by atoms with E-state index in [1.54, 1.807) is 4.52 Å². The number of para-hydroxylation sites is 1. The highest BCUT2D eigenvalue weighted by molar-refractivity contribution is 8.00. The predicted molar refractivity (Wildman–Crippen MR) is 131 cm³/mol. The van der Waals surface area contributed by atoms with Gasteiger partial charge in [-0.15, -0.1) is 5.10 Å². The van der Waals surface area contributed by atoms with E-state index in [1.165, 1.54) is 11.8 Å². The Hall–Kier alpha value is -3.71. The summed E-state index contributed by atoms with van der Waals surface area (Å²) in [5.41, 5.74) is 3.65. The van der Waals surface area contributed by atoms with Crippen LogP contribution in [-0.4, -0.2) is 30.7 Å². The second-order valence-electron chi connectivity index (χ2n) is 7.83. The molecule has 2 heterocycles. The number of aromatic nitrogens is 4. The molecule has 5 aromatic rings. The molecule has 0 saturated carbocycles. The molecule has 0 aliphatic rings. The molecular weight excluding hydrogens is 430 g/mol. The average molecular weight is 454 g/mol. The molecule has 0 aliphatic heterocycles. The molecule has 1 atom stereocenters. The lowest BCUT2D eigenvalue weighted by Gasteiger charge is -2.22. The van der Waals surface area contributed by atoms with E-state index in [0.29, 0.717) is 11.0 Å². The predicted octanol–water partition coefficient (Wildman–Crippen LogP) is 4.97. The zero-order chi connectivity index (χ0) is 22.8. The minimum absolute atomic E-state index is 0.0716. The third-order valence-electron chi connectivity index (χ3n) is 5.46. The van der Waals surface area contributed by atoms with E-state index in [-0.39, 0.29) is 17.2 Å². The van der Waals surface area contributed by atoms with E-state index >= 15 is 0 Å². The van der Waals surface area contributed by atoms with Gasteiger partial charge in [0.1, 0.15) is 5.82 Å². The Bertz CT molecular complexity index is 1380. The van der Waals surface area contributed by atoms with Crippen molar-refractivity contribution in [2.24, 2.45) is 0 Å². The van der Waals surface area contributed by atoms with Crippen molar-refractivity contribution in [3.8, 4) is 0 Å². The number of fused-ring (bicyclic) bond motifs is 3. The number of carbonyl (C=O) groups is 1. The Balaban J connectivity index is 1.44. The molecule has 0 spiro atoms. The third kappa shape index (κ3) is 4.32. The van der Waals surface area contributed by atoms with Crippen molar-refractivity contribution in [2.45, 2.75) is 30.3 Å². The minimum Gasteiger partial charge on any atom is -0.344 e. The monoisotopic (exact) mass is 453 g/mol. The van der Waals surface area contributed by atoms with Crippen LogP contribution in [0.4, 0.5) is 0 Å². The maximum atomic E-state index is 13.3. The first kappa shape index (κ1) is 21.2. The maximum absolute atomic E-state index is 13.3. The van der Waals surface area contributed by atoms with Crippen molar-refractivity contribution < 1.29 is 4.79 Å². The van der Waals surface area contributed by atoms with Crippen LogP contribution in [0.25, 0.3) is 16.6 Å². The Labute approximate surface area is 196 Å². The Morgan fingerprint density at radius 1 is 0.879 bits per heavy atom. The van der Waals surface area contributed by atoms with Crippen LogP contribution in [0.15, 0.2) is 90.1 Å². The summed E-state index contributed by atoms with van der Waals surface area (Å²) in [6, 6.07) is 27.6. The number of nitrogens with one attached hydrogen (secondary N) is 1. The highest BCUT2D eigenvalue weighted by atomic mass is 32.2. The van der Waals surface area contributed by atoms with Gasteiger partial charge >= 0.3 is 0 Å². The number of carbonyl (C=O) groups excluding carboxylic acids is 1. The molecule has 0 fully saturated rings. The molecule has 3 aromatic carbocycles. The van der Waals surface area contributed by atoms with Gasteiger partial charge in [0, 0.05) is 5.39 Å². The first-order chi connectivity index (χ1) is 16.1. The third-order valence-corrected chi connectivity index (χ3v) is 6.50. The fraction of sp³-hybridized carbons (Fsp3) is 0.154. The van der Waals surface area contributed by atoms with Gasteiger partial charge in [0.25, 0.3) is 0 Å². The molecule has 1 amide bonds. The lowest BCUT2D eigenvalue weighted by molar-refractivity contribution is -0.120. The molecule has 0 aliphatic carbocycles. The van der Waals surface area contributed by atoms with Crippen molar-refractivity contribution in [1.82, 2.24) is 24.9 Å². The molecule has 0 bridgehead atoms. The van der Waals surface area contributed by atoms with Gasteiger partial charge in [-0.05, 0) is 37.1 Å². The van der Waals surface area contributed by atoms with Crippen molar-refractivity contribution in [2.75, 3.05) is 0 Å². The zero-order valence-corrected chi connectivity index (χ0v) is 19.2. The number of nitrogens with zero attached hydrogens (tertiary/aromatic N) is 4. The fourth-order valence-corrected chi connectivity index (χ4v) is 4.70. The molecule has 164 valence electrons. The van der Waals surface area contributed by atoms with Gasteiger partial charge in [-0.1, -0.05) is 84.6 Å². The SMILES string of the molecule is Cc1nc2c3ccccc3nc(SC(C)C(=O)NC(c3ccccc3)c3ccccc3)n2n1. The van der Waals surface area contributed by atoms with Gasteiger partial charge < -0.3 is 5.32 Å². The van der Waals surface area contributed by atoms with Crippen molar-refractivity contribution >= 4 is 34.2 Å². The van der Waals surface area contributed by atoms with Crippen molar-refractivity contribution in [3.63, 3.8) is 0 Å². The second kappa shape index (κ2) is 9.03. The zero-order valence-electron chi connectivity index (χ0n) is 18.3. The largest absolute Gasteiger partial charge is 0.344 e. The van der Waals surface area contributed by atoms with E-state index in [1.807, 2.05) is 98.8 Å². The lowest BCUT2D eigenvalue weighted by atomic mass is 9.98. The smallest absolute Gasteiger partial charge is 0.234 e. The number of benzene rings is 3. The van der Waals surface area contributed by atoms with Crippen molar-refractivity contribution in [3.05, 3.63) is 102 Å². The topological polar surface area (TPSA) is 72.2 Å². The summed E-state index contributed by atoms with van der Waals surface area (Å²) in [5, 5.41) is 8.94. The number of hydrogen-bond acceptors (Lipinski definition) is 5. The average Bonchev–Trinajstić information content (AvgIpc) is 3.25. The van der Waals surface area contributed by atoms with E-state index < -0.39 is 0 Å². The van der Waals surface area contributed by atoms with Gasteiger partial charge in [0.05, 0.1) is 16.8 Å². The number of thioether (sulfide) groups is 1. The Morgan fingerprint density at radius 3 is 2.15 bits per heavy atom. The van der Waals surface area contributed by atoms with Crippen LogP contribution < -0.4 is 5.32 Å². The molecular formula is C26H23N5OS. The number of amides is 1. The molecule has 33 heavy (non-hydrogen) atoms. The molecule has 5 rings (SSSR count). The quantitative estimate of drug-likeness (QED) is 0.290. The maximum Gasteiger partial charge on any atom is 0.234 e. The summed E-state index contributed by atoms with van der Waals surface area (Å²) in [7, 11) is 0. The van der Waals surface area contributed by atoms with Crippen LogP contribution in [0.5, 0.6) is 0 Å². The first-order valence-electron chi connectivity index (χ1n) is 10.8. The first-order valence-corrected chi connectivity index (χ1v) is 11.7. The van der Waals surface area contributed by atoms with Crippen molar-refractivity contribution in [1.29, 1.82) is 0 Å². The number of hydrogen-bond donors (Lipinski definition) is 1. The normalized spacial score (nSPS) is 12.3. The van der Waals surface area contributed by atoms with Crippen LogP contribution in [0.2, 0.25) is 0 Å². The molecule has 0 saturated heterocycles. The van der Waals surface area contributed by atoms with Gasteiger partial charge in [0.15, 0.2) is 10.8 Å². The molecule has 1 unspecified atom stereocenters. The van der Waals surface area contributed by atoms with E-state index in [0.717, 1.165) is 27.7 Å². The van der Waals surface area contributed by atoms with Crippen LogP contribution in [0, 0.1) is 6.92 Å². The van der Waals surface area contributed by atoms with E-state index in [2.05, 4.69) is 15.4 Å². The fourth-order valence-electron chi connectivity index (χ4n) is 3.83. The van der Waals surface area contributed by atoms with Crippen LogP contribution in [0.1, 0.15) is 29.9 Å². The number of aryl methyl sites for hydroxylation is 1. The molecule has 7 heteroatoms. The Morgan fingerprint density at radius 2 is 1.48 bits per heavy atom. The molecule has 1 N–H and O–H groups in total. The molecule has 6 nitrogen and oxygen atoms in total. The van der Waals surface area contributed by atoms with Crippen LogP contribution in [-0.2, 0) is 4.79 Å². The van der Waals surface area contributed by atoms with Crippen LogP contribution >= 0.6 is 11.8 Å². The minimum atomic E-state index is -0.388. The van der Waals surface area contributed by atoms with Gasteiger partial charge in [-0.2, -0.15) is 4.52 Å². The summed E-state index contributed by atoms with van der Waals surface area (Å²) in [5.74, 6) is 0.595. The van der Waals surface area contributed by atoms with Gasteiger partial charge in [0.2, 0.25) is 5.91 Å². The Kier molecular flexibility index (Phi) is 5.79. The highest BCUT2D eigenvalue weighted by Crippen LogP contribution is 2.28. The lowest BCUT2D eigenvalue weighted by Crippen LogP contribution is -2.35. The van der Waals surface area contributed by atoms with Crippen LogP contribution in [0.3, 0.4) is 0 Å². The molecule has 0 radical (unpaired) electrons. The van der Waals surface area contributed by atoms with Gasteiger partial charge in [-0.25, -0.2) is 9.97 Å². The summed E-state index contributed by atoms with van der Waals surface area (Å²) in [6.45, 7) is 3.75. The molecule has 2 aromatic heterocycles. The van der Waals surface area contributed by atoms with Gasteiger partial charge in [-0.3, -0.25) is 4.79 Å². The summed E-state index contributed by atoms with van der Waals surface area (Å²) in [4.78, 5) is 22.7. The summed E-state index contributed by atoms with van der Waals surface area (Å²) >= 11 is 1.38. The standard InChI is InChI=1S/C26H23N5OS/c1-17(25(32)29-23(19-11-5-3-6-12-19)20-13-7-4-8-14-20)33-26-28-22-16-10-9-15-21(22)24-27-18(2)30-31(24)26/h3-17,23H,1-2H3,(H,29,32). The highest BCUT2D eigenvalue weighted by Gasteiger charge is 2.23. The number of rotatable bonds is 6. The summed E-state index contributed by atoms with van der Waals surface area (Å²) < 4.78 is 1.73.